The topological polar surface area (TPSA) is 119 Å². The summed E-state index contributed by atoms with van der Waals surface area (Å²) in [4.78, 5) is 46.1. The SMILES string of the molecule is CN(CC(=O)NC(C)(C)C)C(=O)COc1ccc([N+](=O)[O-])cc1C=O. The lowest BCUT2D eigenvalue weighted by atomic mass is 10.1. The largest absolute Gasteiger partial charge is 0.483 e. The van der Waals surface area contributed by atoms with E-state index in [1.54, 1.807) is 0 Å². The van der Waals surface area contributed by atoms with E-state index < -0.39 is 23.0 Å². The highest BCUT2D eigenvalue weighted by molar-refractivity contribution is 5.86. The molecule has 1 N–H and O–H groups in total. The molecule has 1 aromatic carbocycles. The van der Waals surface area contributed by atoms with Crippen molar-refractivity contribution in [2.24, 2.45) is 0 Å². The molecule has 0 aliphatic carbocycles. The van der Waals surface area contributed by atoms with Crippen LogP contribution >= 0.6 is 0 Å². The van der Waals surface area contributed by atoms with Crippen molar-refractivity contribution in [3.63, 3.8) is 0 Å². The Morgan fingerprint density at radius 3 is 2.52 bits per heavy atom. The maximum atomic E-state index is 12.0. The van der Waals surface area contributed by atoms with Gasteiger partial charge in [-0.05, 0) is 26.8 Å². The predicted octanol–water partition coefficient (Wildman–Crippen LogP) is 1.16. The van der Waals surface area contributed by atoms with Gasteiger partial charge in [-0.2, -0.15) is 0 Å². The number of carbonyl (C=O) groups is 3. The zero-order valence-electron chi connectivity index (χ0n) is 14.6. The molecule has 0 bridgehead atoms. The number of nitrogens with zero attached hydrogens (tertiary/aromatic N) is 2. The molecule has 0 aliphatic rings. The van der Waals surface area contributed by atoms with Gasteiger partial charge in [-0.15, -0.1) is 0 Å². The fourth-order valence-corrected chi connectivity index (χ4v) is 1.88. The Morgan fingerprint density at radius 1 is 1.36 bits per heavy atom. The number of hydrogen-bond donors (Lipinski definition) is 1. The Balaban J connectivity index is 2.65. The highest BCUT2D eigenvalue weighted by atomic mass is 16.6. The van der Waals surface area contributed by atoms with Gasteiger partial charge in [0.2, 0.25) is 5.91 Å². The number of likely N-dealkylation sites (N-methyl/N-ethyl adjacent to an activating group) is 1. The van der Waals surface area contributed by atoms with E-state index in [0.717, 1.165) is 6.07 Å². The van der Waals surface area contributed by atoms with E-state index in [2.05, 4.69) is 5.32 Å². The Morgan fingerprint density at radius 2 is 2.00 bits per heavy atom. The Bertz CT molecular complexity index is 681. The lowest BCUT2D eigenvalue weighted by Gasteiger charge is -2.23. The summed E-state index contributed by atoms with van der Waals surface area (Å²) in [5, 5.41) is 13.4. The van der Waals surface area contributed by atoms with E-state index in [1.807, 2.05) is 20.8 Å². The van der Waals surface area contributed by atoms with Crippen LogP contribution in [-0.2, 0) is 9.59 Å². The first kappa shape index (κ1) is 20.1. The molecule has 1 rings (SSSR count). The minimum Gasteiger partial charge on any atom is -0.483 e. The average molecular weight is 351 g/mol. The number of amides is 2. The van der Waals surface area contributed by atoms with Crippen LogP contribution in [0.5, 0.6) is 5.75 Å². The van der Waals surface area contributed by atoms with E-state index >= 15 is 0 Å². The molecule has 0 saturated carbocycles. The molecule has 0 fully saturated rings. The summed E-state index contributed by atoms with van der Waals surface area (Å²) in [5.74, 6) is -0.729. The van der Waals surface area contributed by atoms with Crippen molar-refractivity contribution in [1.82, 2.24) is 10.2 Å². The van der Waals surface area contributed by atoms with E-state index in [0.29, 0.717) is 6.29 Å². The molecule has 2 amide bonds. The molecule has 0 radical (unpaired) electrons. The lowest BCUT2D eigenvalue weighted by molar-refractivity contribution is -0.384. The molecule has 0 spiro atoms. The van der Waals surface area contributed by atoms with Crippen LogP contribution in [0.4, 0.5) is 5.69 Å². The molecule has 0 unspecified atom stereocenters. The van der Waals surface area contributed by atoms with Gasteiger partial charge in [0.15, 0.2) is 12.9 Å². The predicted molar refractivity (Wildman–Crippen MR) is 89.5 cm³/mol. The van der Waals surface area contributed by atoms with E-state index in [1.165, 1.54) is 24.1 Å². The van der Waals surface area contributed by atoms with Crippen LogP contribution in [0.1, 0.15) is 31.1 Å². The van der Waals surface area contributed by atoms with Crippen molar-refractivity contribution in [3.05, 3.63) is 33.9 Å². The zero-order valence-corrected chi connectivity index (χ0v) is 14.6. The molecule has 25 heavy (non-hydrogen) atoms. The quantitative estimate of drug-likeness (QED) is 0.447. The van der Waals surface area contributed by atoms with Gasteiger partial charge in [0.1, 0.15) is 5.75 Å². The summed E-state index contributed by atoms with van der Waals surface area (Å²) in [5.41, 5.74) is -0.693. The van der Waals surface area contributed by atoms with E-state index in [9.17, 15) is 24.5 Å². The zero-order chi connectivity index (χ0) is 19.2. The number of carbonyl (C=O) groups excluding carboxylic acids is 3. The molecule has 0 atom stereocenters. The van der Waals surface area contributed by atoms with Crippen molar-refractivity contribution in [1.29, 1.82) is 0 Å². The van der Waals surface area contributed by atoms with Crippen molar-refractivity contribution in [3.8, 4) is 5.75 Å². The maximum absolute atomic E-state index is 12.0. The number of ether oxygens (including phenoxy) is 1. The van der Waals surface area contributed by atoms with E-state index in [4.69, 9.17) is 4.74 Å². The van der Waals surface area contributed by atoms with Gasteiger partial charge >= 0.3 is 0 Å². The monoisotopic (exact) mass is 351 g/mol. The van der Waals surface area contributed by atoms with Crippen LogP contribution in [-0.4, -0.2) is 53.7 Å². The molecule has 136 valence electrons. The first-order chi connectivity index (χ1) is 11.5. The third kappa shape index (κ3) is 6.58. The lowest BCUT2D eigenvalue weighted by Crippen LogP contribution is -2.47. The standard InChI is InChI=1S/C16H21N3O6/c1-16(2,3)17-14(21)8-18(4)15(22)10-25-13-6-5-12(19(23)24)7-11(13)9-20/h5-7,9H,8,10H2,1-4H3,(H,17,21). The van der Waals surface area contributed by atoms with Crippen molar-refractivity contribution in [2.75, 3.05) is 20.2 Å². The number of non-ortho nitro benzene ring substituents is 1. The summed E-state index contributed by atoms with van der Waals surface area (Å²) in [6, 6.07) is 3.49. The van der Waals surface area contributed by atoms with Gasteiger partial charge in [-0.3, -0.25) is 24.5 Å². The Hall–Kier alpha value is -2.97. The highest BCUT2D eigenvalue weighted by Crippen LogP contribution is 2.22. The number of hydrogen-bond acceptors (Lipinski definition) is 6. The highest BCUT2D eigenvalue weighted by Gasteiger charge is 2.19. The molecule has 0 aromatic heterocycles. The molecular formula is C16H21N3O6. The maximum Gasteiger partial charge on any atom is 0.270 e. The van der Waals surface area contributed by atoms with Gasteiger partial charge in [-0.25, -0.2) is 0 Å². The number of nitrogens with one attached hydrogen (secondary N) is 1. The van der Waals surface area contributed by atoms with Crippen LogP contribution in [0.25, 0.3) is 0 Å². The second-order valence-corrected chi connectivity index (χ2v) is 6.43. The average Bonchev–Trinajstić information content (AvgIpc) is 2.50. The van der Waals surface area contributed by atoms with Crippen LogP contribution in [0, 0.1) is 10.1 Å². The normalized spacial score (nSPS) is 10.7. The summed E-state index contributed by atoms with van der Waals surface area (Å²) >= 11 is 0. The summed E-state index contributed by atoms with van der Waals surface area (Å²) in [7, 11) is 1.45. The number of benzene rings is 1. The third-order valence-corrected chi connectivity index (χ3v) is 3.00. The van der Waals surface area contributed by atoms with Crippen molar-refractivity contribution >= 4 is 23.8 Å². The van der Waals surface area contributed by atoms with Crippen molar-refractivity contribution < 1.29 is 24.0 Å². The smallest absolute Gasteiger partial charge is 0.270 e. The van der Waals surface area contributed by atoms with Gasteiger partial charge in [0, 0.05) is 24.7 Å². The number of nitro benzene ring substituents is 1. The molecule has 0 heterocycles. The van der Waals surface area contributed by atoms with Crippen LogP contribution in [0.15, 0.2) is 18.2 Å². The Labute approximate surface area is 145 Å². The molecular weight excluding hydrogens is 330 g/mol. The van der Waals surface area contributed by atoms with Crippen LogP contribution in [0.3, 0.4) is 0 Å². The fraction of sp³-hybridized carbons (Fsp3) is 0.438. The second-order valence-electron chi connectivity index (χ2n) is 6.43. The number of aldehydes is 1. The minimum atomic E-state index is -0.635. The number of rotatable bonds is 7. The Kier molecular flexibility index (Phi) is 6.60. The van der Waals surface area contributed by atoms with Gasteiger partial charge in [-0.1, -0.05) is 0 Å². The molecule has 1 aromatic rings. The van der Waals surface area contributed by atoms with Gasteiger partial charge in [0.25, 0.3) is 11.6 Å². The minimum absolute atomic E-state index is 0.0323. The van der Waals surface area contributed by atoms with Crippen molar-refractivity contribution in [2.45, 2.75) is 26.3 Å². The van der Waals surface area contributed by atoms with Gasteiger partial charge in [0.05, 0.1) is 17.0 Å². The summed E-state index contributed by atoms with van der Waals surface area (Å²) < 4.78 is 5.25. The van der Waals surface area contributed by atoms with E-state index in [-0.39, 0.29) is 29.5 Å². The first-order valence-electron chi connectivity index (χ1n) is 7.45. The second kappa shape index (κ2) is 8.22. The fourth-order valence-electron chi connectivity index (χ4n) is 1.88. The summed E-state index contributed by atoms with van der Waals surface area (Å²) in [6.45, 7) is 4.93. The number of nitro groups is 1. The molecule has 0 saturated heterocycles. The molecule has 9 nitrogen and oxygen atoms in total. The third-order valence-electron chi connectivity index (χ3n) is 3.00. The molecule has 0 aliphatic heterocycles. The van der Waals surface area contributed by atoms with Crippen LogP contribution in [0.2, 0.25) is 0 Å². The molecule has 9 heteroatoms. The van der Waals surface area contributed by atoms with Gasteiger partial charge < -0.3 is 15.0 Å². The summed E-state index contributed by atoms with van der Waals surface area (Å²) in [6.07, 6.45) is 0.410. The van der Waals surface area contributed by atoms with Crippen LogP contribution < -0.4 is 10.1 Å². The first-order valence-corrected chi connectivity index (χ1v) is 7.45.